The van der Waals surface area contributed by atoms with Crippen LogP contribution in [0.15, 0.2) is 36.8 Å². The van der Waals surface area contributed by atoms with E-state index < -0.39 is 0 Å². The number of nitrogens with zero attached hydrogens (tertiary/aromatic N) is 3. The third kappa shape index (κ3) is 1.64. The van der Waals surface area contributed by atoms with Crippen molar-refractivity contribution >= 4 is 17.5 Å². The van der Waals surface area contributed by atoms with Gasteiger partial charge in [-0.25, -0.2) is 4.79 Å². The minimum absolute atomic E-state index is 0.00597. The molecule has 5 nitrogen and oxygen atoms in total. The van der Waals surface area contributed by atoms with Crippen LogP contribution in [0.25, 0.3) is 0 Å². The van der Waals surface area contributed by atoms with Gasteiger partial charge in [0.1, 0.15) is 5.82 Å². The highest BCUT2D eigenvalue weighted by atomic mass is 16.2. The summed E-state index contributed by atoms with van der Waals surface area (Å²) < 4.78 is 0. The van der Waals surface area contributed by atoms with Gasteiger partial charge >= 0.3 is 6.03 Å². The fourth-order valence-electron chi connectivity index (χ4n) is 2.21. The number of carbonyl (C=O) groups is 1. The molecule has 1 aliphatic rings. The van der Waals surface area contributed by atoms with E-state index in [4.69, 9.17) is 0 Å². The van der Waals surface area contributed by atoms with Gasteiger partial charge in [-0.05, 0) is 30.7 Å². The van der Waals surface area contributed by atoms with Crippen LogP contribution < -0.4 is 9.80 Å². The Bertz CT molecular complexity index is 564. The summed E-state index contributed by atoms with van der Waals surface area (Å²) >= 11 is 0. The zero-order chi connectivity index (χ0) is 12.5. The molecule has 18 heavy (non-hydrogen) atoms. The fourth-order valence-corrected chi connectivity index (χ4v) is 2.21. The highest BCUT2D eigenvalue weighted by Crippen LogP contribution is 2.25. The molecule has 1 aliphatic heterocycles. The van der Waals surface area contributed by atoms with Crippen molar-refractivity contribution in [3.63, 3.8) is 0 Å². The molecule has 3 heterocycles. The summed E-state index contributed by atoms with van der Waals surface area (Å²) in [5, 5.41) is 0. The van der Waals surface area contributed by atoms with E-state index in [1.807, 2.05) is 31.3 Å². The average Bonchev–Trinajstić information content (AvgIpc) is 2.99. The molecule has 92 valence electrons. The first kappa shape index (κ1) is 10.8. The smallest absolute Gasteiger partial charge is 0.330 e. The molecule has 1 fully saturated rings. The van der Waals surface area contributed by atoms with Gasteiger partial charge in [0.05, 0.1) is 11.9 Å². The number of rotatable bonds is 2. The zero-order valence-electron chi connectivity index (χ0n) is 10.1. The molecule has 0 radical (unpaired) electrons. The van der Waals surface area contributed by atoms with E-state index in [2.05, 4.69) is 9.97 Å². The number of urea groups is 1. The van der Waals surface area contributed by atoms with Crippen molar-refractivity contribution in [2.24, 2.45) is 0 Å². The van der Waals surface area contributed by atoms with E-state index in [0.717, 1.165) is 17.1 Å². The molecule has 0 atom stereocenters. The Morgan fingerprint density at radius 1 is 1.28 bits per heavy atom. The molecule has 2 aromatic heterocycles. The van der Waals surface area contributed by atoms with Gasteiger partial charge in [0.25, 0.3) is 0 Å². The van der Waals surface area contributed by atoms with Crippen LogP contribution in [0.5, 0.6) is 0 Å². The number of H-pyrrole nitrogens is 1. The Morgan fingerprint density at radius 2 is 2.11 bits per heavy atom. The van der Waals surface area contributed by atoms with Gasteiger partial charge in [-0.3, -0.25) is 14.8 Å². The van der Waals surface area contributed by atoms with Crippen molar-refractivity contribution in [3.05, 3.63) is 42.4 Å². The summed E-state index contributed by atoms with van der Waals surface area (Å²) in [6.07, 6.45) is 5.30. The second kappa shape index (κ2) is 4.18. The molecule has 0 saturated carbocycles. The minimum atomic E-state index is -0.00597. The van der Waals surface area contributed by atoms with Crippen LogP contribution in [0.3, 0.4) is 0 Å². The van der Waals surface area contributed by atoms with Crippen molar-refractivity contribution in [1.29, 1.82) is 0 Å². The highest BCUT2D eigenvalue weighted by Gasteiger charge is 2.31. The van der Waals surface area contributed by atoms with E-state index in [1.54, 1.807) is 22.2 Å². The molecular weight excluding hydrogens is 228 g/mol. The first-order valence-corrected chi connectivity index (χ1v) is 5.90. The van der Waals surface area contributed by atoms with Crippen molar-refractivity contribution in [2.45, 2.75) is 6.92 Å². The van der Waals surface area contributed by atoms with Gasteiger partial charge in [0, 0.05) is 25.5 Å². The van der Waals surface area contributed by atoms with Crippen LogP contribution in [0.1, 0.15) is 5.56 Å². The summed E-state index contributed by atoms with van der Waals surface area (Å²) in [6.45, 7) is 3.36. The van der Waals surface area contributed by atoms with Gasteiger partial charge in [-0.2, -0.15) is 0 Å². The highest BCUT2D eigenvalue weighted by molar-refractivity contribution is 6.05. The van der Waals surface area contributed by atoms with E-state index in [1.165, 1.54) is 0 Å². The molecule has 3 rings (SSSR count). The van der Waals surface area contributed by atoms with Crippen molar-refractivity contribution < 1.29 is 4.79 Å². The van der Waals surface area contributed by atoms with Crippen LogP contribution in [0.2, 0.25) is 0 Å². The number of aromatic amines is 1. The molecule has 2 aromatic rings. The van der Waals surface area contributed by atoms with Crippen LogP contribution in [0, 0.1) is 6.92 Å². The van der Waals surface area contributed by atoms with E-state index >= 15 is 0 Å². The Hall–Kier alpha value is -2.30. The number of pyridine rings is 1. The molecule has 1 N–H and O–H groups in total. The average molecular weight is 242 g/mol. The maximum absolute atomic E-state index is 12.4. The summed E-state index contributed by atoms with van der Waals surface area (Å²) in [4.78, 5) is 23.0. The Balaban J connectivity index is 1.90. The van der Waals surface area contributed by atoms with Crippen LogP contribution in [-0.4, -0.2) is 29.1 Å². The molecular formula is C13H14N4O. The molecule has 1 saturated heterocycles. The van der Waals surface area contributed by atoms with Gasteiger partial charge in [-0.1, -0.05) is 0 Å². The standard InChI is InChI=1S/C13H14N4O/c1-10-4-6-14-9-11(10)16-7-8-17(13(16)18)12-3-2-5-15-12/h2-6,9,15H,7-8H2,1H3. The predicted molar refractivity (Wildman–Crippen MR) is 69.9 cm³/mol. The number of carbonyl (C=O) groups excluding carboxylic acids is 1. The summed E-state index contributed by atoms with van der Waals surface area (Å²) in [5.74, 6) is 0.837. The lowest BCUT2D eigenvalue weighted by molar-refractivity contribution is 0.255. The topological polar surface area (TPSA) is 52.2 Å². The normalized spacial score (nSPS) is 15.5. The third-order valence-electron chi connectivity index (χ3n) is 3.18. The summed E-state index contributed by atoms with van der Waals surface area (Å²) in [7, 11) is 0. The summed E-state index contributed by atoms with van der Waals surface area (Å²) in [5.41, 5.74) is 1.95. The maximum atomic E-state index is 12.4. The second-order valence-electron chi connectivity index (χ2n) is 4.30. The van der Waals surface area contributed by atoms with Crippen LogP contribution in [-0.2, 0) is 0 Å². The molecule has 5 heteroatoms. The van der Waals surface area contributed by atoms with E-state index in [0.29, 0.717) is 13.1 Å². The fraction of sp³-hybridized carbons (Fsp3) is 0.231. The number of nitrogens with one attached hydrogen (secondary N) is 1. The quantitative estimate of drug-likeness (QED) is 0.877. The largest absolute Gasteiger partial charge is 0.348 e. The van der Waals surface area contributed by atoms with Gasteiger partial charge < -0.3 is 4.98 Å². The van der Waals surface area contributed by atoms with Gasteiger partial charge in [-0.15, -0.1) is 0 Å². The first-order chi connectivity index (χ1) is 8.77. The maximum Gasteiger partial charge on any atom is 0.330 e. The number of aryl methyl sites for hydroxylation is 1. The van der Waals surface area contributed by atoms with Crippen molar-refractivity contribution in [1.82, 2.24) is 9.97 Å². The van der Waals surface area contributed by atoms with E-state index in [-0.39, 0.29) is 6.03 Å². The lowest BCUT2D eigenvalue weighted by atomic mass is 10.2. The molecule has 0 aromatic carbocycles. The van der Waals surface area contributed by atoms with Crippen LogP contribution >= 0.6 is 0 Å². The van der Waals surface area contributed by atoms with Crippen LogP contribution in [0.4, 0.5) is 16.3 Å². The SMILES string of the molecule is Cc1ccncc1N1CCN(c2ccc[nH]2)C1=O. The van der Waals surface area contributed by atoms with E-state index in [9.17, 15) is 4.79 Å². The lowest BCUT2D eigenvalue weighted by Crippen LogP contribution is -2.32. The molecule has 0 spiro atoms. The van der Waals surface area contributed by atoms with Gasteiger partial charge in [0.2, 0.25) is 0 Å². The lowest BCUT2D eigenvalue weighted by Gasteiger charge is -2.18. The monoisotopic (exact) mass is 242 g/mol. The molecule has 0 aliphatic carbocycles. The summed E-state index contributed by atoms with van der Waals surface area (Å²) in [6, 6.07) is 5.70. The van der Waals surface area contributed by atoms with Crippen molar-refractivity contribution in [2.75, 3.05) is 22.9 Å². The Labute approximate surface area is 105 Å². The van der Waals surface area contributed by atoms with Crippen molar-refractivity contribution in [3.8, 4) is 0 Å². The number of hydrogen-bond acceptors (Lipinski definition) is 2. The predicted octanol–water partition coefficient (Wildman–Crippen LogP) is 2.16. The first-order valence-electron chi connectivity index (χ1n) is 5.90. The minimum Gasteiger partial charge on any atom is -0.348 e. The Kier molecular flexibility index (Phi) is 2.51. The number of anilines is 2. The van der Waals surface area contributed by atoms with Gasteiger partial charge in [0.15, 0.2) is 0 Å². The number of aromatic nitrogens is 2. The molecule has 0 bridgehead atoms. The zero-order valence-corrected chi connectivity index (χ0v) is 10.1. The Morgan fingerprint density at radius 3 is 2.83 bits per heavy atom. The number of hydrogen-bond donors (Lipinski definition) is 1. The third-order valence-corrected chi connectivity index (χ3v) is 3.18. The molecule has 2 amide bonds. The molecule has 0 unspecified atom stereocenters. The number of amides is 2. The second-order valence-corrected chi connectivity index (χ2v) is 4.30.